The second-order valence-electron chi connectivity index (χ2n) is 5.34. The van der Waals surface area contributed by atoms with Gasteiger partial charge in [0.05, 0.1) is 11.3 Å². The predicted molar refractivity (Wildman–Crippen MR) is 73.1 cm³/mol. The number of hydrogen-bond acceptors (Lipinski definition) is 4. The summed E-state index contributed by atoms with van der Waals surface area (Å²) in [5, 5.41) is 0. The molecule has 1 aliphatic carbocycles. The number of methoxy groups -OCH3 is 1. The topological polar surface area (TPSA) is 52.1 Å². The van der Waals surface area contributed by atoms with Crippen molar-refractivity contribution in [1.82, 2.24) is 9.97 Å². The molecule has 4 nitrogen and oxygen atoms in total. The molecule has 0 spiro atoms. The Labute approximate surface area is 114 Å². The zero-order valence-electron chi connectivity index (χ0n) is 12.0. The Morgan fingerprint density at radius 1 is 1.37 bits per heavy atom. The van der Waals surface area contributed by atoms with Crippen LogP contribution in [0.5, 0.6) is 0 Å². The van der Waals surface area contributed by atoms with Gasteiger partial charge < -0.3 is 4.74 Å². The van der Waals surface area contributed by atoms with Crippen molar-refractivity contribution in [3.05, 3.63) is 23.3 Å². The van der Waals surface area contributed by atoms with Crippen LogP contribution in [0.2, 0.25) is 0 Å². The van der Waals surface area contributed by atoms with Crippen LogP contribution in [0.3, 0.4) is 0 Å². The monoisotopic (exact) mass is 262 g/mol. The molecule has 0 aliphatic heterocycles. The summed E-state index contributed by atoms with van der Waals surface area (Å²) in [6.07, 6.45) is 7.78. The fraction of sp³-hybridized carbons (Fsp3) is 0.667. The maximum Gasteiger partial charge on any atom is 0.163 e. The molecule has 1 fully saturated rings. The van der Waals surface area contributed by atoms with E-state index in [4.69, 9.17) is 4.74 Å². The summed E-state index contributed by atoms with van der Waals surface area (Å²) in [6, 6.07) is 0. The lowest BCUT2D eigenvalue weighted by atomic mass is 9.85. The first kappa shape index (κ1) is 14.1. The molecule has 0 bridgehead atoms. The highest BCUT2D eigenvalue weighted by Crippen LogP contribution is 2.35. The second kappa shape index (κ2) is 6.24. The highest BCUT2D eigenvalue weighted by Gasteiger charge is 2.27. The van der Waals surface area contributed by atoms with Gasteiger partial charge >= 0.3 is 0 Å². The van der Waals surface area contributed by atoms with Gasteiger partial charge in [-0.25, -0.2) is 9.97 Å². The summed E-state index contributed by atoms with van der Waals surface area (Å²) in [5.41, 5.74) is 1.35. The SMILES string of the molecule is COC(c1ncc(C(C)=O)c(C)n1)C1CCCCC1. The average molecular weight is 262 g/mol. The van der Waals surface area contributed by atoms with E-state index in [2.05, 4.69) is 9.97 Å². The molecule has 0 N–H and O–H groups in total. The van der Waals surface area contributed by atoms with Crippen LogP contribution in [-0.4, -0.2) is 22.9 Å². The summed E-state index contributed by atoms with van der Waals surface area (Å²) >= 11 is 0. The van der Waals surface area contributed by atoms with Crippen LogP contribution in [0.4, 0.5) is 0 Å². The van der Waals surface area contributed by atoms with Gasteiger partial charge in [-0.1, -0.05) is 19.3 Å². The molecule has 1 aromatic heterocycles. The number of ether oxygens (including phenoxy) is 1. The summed E-state index contributed by atoms with van der Waals surface area (Å²) in [6.45, 7) is 3.40. The normalized spacial score (nSPS) is 18.3. The maximum absolute atomic E-state index is 11.4. The van der Waals surface area contributed by atoms with Crippen LogP contribution in [-0.2, 0) is 4.74 Å². The molecule has 1 aliphatic rings. The van der Waals surface area contributed by atoms with E-state index in [9.17, 15) is 4.79 Å². The molecular formula is C15H22N2O2. The highest BCUT2D eigenvalue weighted by atomic mass is 16.5. The van der Waals surface area contributed by atoms with Gasteiger partial charge in [0.2, 0.25) is 0 Å². The minimum atomic E-state index is -0.0417. The number of carbonyl (C=O) groups excluding carboxylic acids is 1. The summed E-state index contributed by atoms with van der Waals surface area (Å²) in [4.78, 5) is 20.2. The van der Waals surface area contributed by atoms with Gasteiger partial charge in [0.15, 0.2) is 11.6 Å². The van der Waals surface area contributed by atoms with E-state index in [1.54, 1.807) is 20.2 Å². The van der Waals surface area contributed by atoms with Gasteiger partial charge in [-0.3, -0.25) is 4.79 Å². The first-order valence-corrected chi connectivity index (χ1v) is 7.00. The Morgan fingerprint density at radius 3 is 2.58 bits per heavy atom. The fourth-order valence-electron chi connectivity index (χ4n) is 2.91. The third-order valence-corrected chi connectivity index (χ3v) is 3.96. The van der Waals surface area contributed by atoms with Crippen molar-refractivity contribution in [2.45, 2.75) is 52.1 Å². The molecular weight excluding hydrogens is 240 g/mol. The van der Waals surface area contributed by atoms with Crippen LogP contribution in [0.1, 0.15) is 67.0 Å². The van der Waals surface area contributed by atoms with Crippen LogP contribution in [0, 0.1) is 12.8 Å². The minimum Gasteiger partial charge on any atom is -0.373 e. The van der Waals surface area contributed by atoms with E-state index in [-0.39, 0.29) is 11.9 Å². The molecule has 0 radical (unpaired) electrons. The molecule has 1 saturated carbocycles. The van der Waals surface area contributed by atoms with Crippen LogP contribution in [0.15, 0.2) is 6.20 Å². The van der Waals surface area contributed by atoms with Crippen molar-refractivity contribution in [3.63, 3.8) is 0 Å². The van der Waals surface area contributed by atoms with Crippen LogP contribution >= 0.6 is 0 Å². The van der Waals surface area contributed by atoms with Crippen molar-refractivity contribution in [1.29, 1.82) is 0 Å². The lowest BCUT2D eigenvalue weighted by Gasteiger charge is -2.28. The van der Waals surface area contributed by atoms with E-state index < -0.39 is 0 Å². The molecule has 0 amide bonds. The Kier molecular flexibility index (Phi) is 4.64. The lowest BCUT2D eigenvalue weighted by Crippen LogP contribution is -2.21. The number of hydrogen-bond donors (Lipinski definition) is 0. The molecule has 4 heteroatoms. The molecule has 1 unspecified atom stereocenters. The number of carbonyl (C=O) groups is 1. The van der Waals surface area contributed by atoms with Gasteiger partial charge in [0.1, 0.15) is 6.10 Å². The Balaban J connectivity index is 2.23. The standard InChI is InChI=1S/C15H22N2O2/c1-10-13(11(2)18)9-16-15(17-10)14(19-3)12-7-5-4-6-8-12/h9,12,14H,4-8H2,1-3H3. The highest BCUT2D eigenvalue weighted by molar-refractivity contribution is 5.94. The number of aryl methyl sites for hydroxylation is 1. The number of rotatable bonds is 4. The zero-order valence-corrected chi connectivity index (χ0v) is 12.0. The van der Waals surface area contributed by atoms with Crippen LogP contribution < -0.4 is 0 Å². The Bertz CT molecular complexity index is 453. The third kappa shape index (κ3) is 3.18. The van der Waals surface area contributed by atoms with Crippen molar-refractivity contribution in [3.8, 4) is 0 Å². The Morgan fingerprint density at radius 2 is 2.05 bits per heavy atom. The van der Waals surface area contributed by atoms with Gasteiger partial charge in [-0.2, -0.15) is 0 Å². The molecule has 19 heavy (non-hydrogen) atoms. The number of Topliss-reactive ketones (excluding diaryl/α,β-unsaturated/α-hetero) is 1. The Hall–Kier alpha value is -1.29. The number of ketones is 1. The van der Waals surface area contributed by atoms with Gasteiger partial charge in [-0.05, 0) is 32.6 Å². The van der Waals surface area contributed by atoms with E-state index in [0.29, 0.717) is 11.5 Å². The summed E-state index contributed by atoms with van der Waals surface area (Å²) < 4.78 is 5.62. The van der Waals surface area contributed by atoms with Gasteiger partial charge in [0, 0.05) is 13.3 Å². The van der Waals surface area contributed by atoms with Crippen molar-refractivity contribution in [2.24, 2.45) is 5.92 Å². The molecule has 1 aromatic rings. The van der Waals surface area contributed by atoms with Crippen molar-refractivity contribution in [2.75, 3.05) is 7.11 Å². The molecule has 1 heterocycles. The number of aromatic nitrogens is 2. The predicted octanol–water partition coefficient (Wildman–Crippen LogP) is 3.26. The minimum absolute atomic E-state index is 0.00989. The van der Waals surface area contributed by atoms with Crippen molar-refractivity contribution < 1.29 is 9.53 Å². The first-order valence-electron chi connectivity index (χ1n) is 7.00. The number of nitrogens with zero attached hydrogens (tertiary/aromatic N) is 2. The van der Waals surface area contributed by atoms with E-state index >= 15 is 0 Å². The summed E-state index contributed by atoms with van der Waals surface area (Å²) in [5.74, 6) is 1.23. The van der Waals surface area contributed by atoms with Crippen LogP contribution in [0.25, 0.3) is 0 Å². The summed E-state index contributed by atoms with van der Waals surface area (Å²) in [7, 11) is 1.72. The van der Waals surface area contributed by atoms with E-state index in [1.807, 2.05) is 6.92 Å². The second-order valence-corrected chi connectivity index (χ2v) is 5.34. The average Bonchev–Trinajstić information content (AvgIpc) is 2.40. The smallest absolute Gasteiger partial charge is 0.163 e. The third-order valence-electron chi connectivity index (χ3n) is 3.96. The largest absolute Gasteiger partial charge is 0.373 e. The zero-order chi connectivity index (χ0) is 13.8. The van der Waals surface area contributed by atoms with Gasteiger partial charge in [0.25, 0.3) is 0 Å². The molecule has 2 rings (SSSR count). The molecule has 0 saturated heterocycles. The molecule has 1 atom stereocenters. The van der Waals surface area contributed by atoms with Gasteiger partial charge in [-0.15, -0.1) is 0 Å². The maximum atomic E-state index is 11.4. The first-order chi connectivity index (χ1) is 9.13. The van der Waals surface area contributed by atoms with Crippen molar-refractivity contribution >= 4 is 5.78 Å². The fourth-order valence-corrected chi connectivity index (χ4v) is 2.91. The lowest BCUT2D eigenvalue weighted by molar-refractivity contribution is 0.0287. The van der Waals surface area contributed by atoms with E-state index in [1.165, 1.54) is 32.1 Å². The quantitative estimate of drug-likeness (QED) is 0.781. The molecule has 104 valence electrons. The molecule has 0 aromatic carbocycles. The van der Waals surface area contributed by atoms with E-state index in [0.717, 1.165) is 11.5 Å².